The zero-order valence-corrected chi connectivity index (χ0v) is 14.6. The topological polar surface area (TPSA) is 86.7 Å². The van der Waals surface area contributed by atoms with E-state index in [9.17, 15) is 14.4 Å². The lowest BCUT2D eigenvalue weighted by Crippen LogP contribution is -2.46. The number of carboxylic acids is 1. The van der Waals surface area contributed by atoms with Gasteiger partial charge < -0.3 is 15.3 Å². The Morgan fingerprint density at radius 1 is 1.04 bits per heavy atom. The molecule has 2 atom stereocenters. The number of nitrogens with one attached hydrogen (secondary N) is 1. The van der Waals surface area contributed by atoms with E-state index in [1.807, 2.05) is 4.90 Å². The van der Waals surface area contributed by atoms with Gasteiger partial charge in [-0.05, 0) is 38.5 Å². The van der Waals surface area contributed by atoms with Crippen LogP contribution in [0.4, 0.5) is 0 Å². The van der Waals surface area contributed by atoms with Crippen molar-refractivity contribution >= 4 is 17.8 Å². The van der Waals surface area contributed by atoms with Gasteiger partial charge in [-0.1, -0.05) is 19.8 Å². The summed E-state index contributed by atoms with van der Waals surface area (Å²) < 4.78 is 0. The Morgan fingerprint density at radius 3 is 2.33 bits per heavy atom. The van der Waals surface area contributed by atoms with E-state index in [0.29, 0.717) is 38.8 Å². The molecule has 6 nitrogen and oxygen atoms in total. The average Bonchev–Trinajstić information content (AvgIpc) is 2.61. The minimum Gasteiger partial charge on any atom is -0.481 e. The fourth-order valence-electron chi connectivity index (χ4n) is 3.79. The Balaban J connectivity index is 1.78. The van der Waals surface area contributed by atoms with Crippen LogP contribution in [-0.2, 0) is 14.4 Å². The maximum Gasteiger partial charge on any atom is 0.306 e. The Labute approximate surface area is 144 Å². The van der Waals surface area contributed by atoms with Gasteiger partial charge in [-0.2, -0.15) is 0 Å². The van der Waals surface area contributed by atoms with Gasteiger partial charge in [-0.25, -0.2) is 0 Å². The third-order valence-corrected chi connectivity index (χ3v) is 5.38. The smallest absolute Gasteiger partial charge is 0.306 e. The second-order valence-electron chi connectivity index (χ2n) is 7.14. The first kappa shape index (κ1) is 18.7. The van der Waals surface area contributed by atoms with Gasteiger partial charge in [-0.15, -0.1) is 0 Å². The highest BCUT2D eigenvalue weighted by Gasteiger charge is 2.35. The van der Waals surface area contributed by atoms with E-state index in [-0.39, 0.29) is 29.6 Å². The molecular weight excluding hydrogens is 308 g/mol. The molecule has 2 aliphatic rings. The number of aliphatic carboxylic acids is 1. The SMILES string of the molecule is CCCCNC(=O)C1CCN(C(=O)C2CCCC(C(=O)O)C2)CC1. The molecule has 6 heteroatoms. The summed E-state index contributed by atoms with van der Waals surface area (Å²) in [4.78, 5) is 37.7. The number of piperidine rings is 1. The summed E-state index contributed by atoms with van der Waals surface area (Å²) in [7, 11) is 0. The highest BCUT2D eigenvalue weighted by Crippen LogP contribution is 2.31. The summed E-state index contributed by atoms with van der Waals surface area (Å²) in [6.07, 6.45) is 6.22. The molecule has 0 radical (unpaired) electrons. The third kappa shape index (κ3) is 4.95. The fourth-order valence-corrected chi connectivity index (χ4v) is 3.79. The molecule has 0 spiro atoms. The number of hydrogen-bond donors (Lipinski definition) is 2. The van der Waals surface area contributed by atoms with Crippen molar-refractivity contribution in [3.05, 3.63) is 0 Å². The van der Waals surface area contributed by atoms with Gasteiger partial charge >= 0.3 is 5.97 Å². The van der Waals surface area contributed by atoms with Crippen molar-refractivity contribution in [2.75, 3.05) is 19.6 Å². The maximum absolute atomic E-state index is 12.6. The van der Waals surface area contributed by atoms with Crippen LogP contribution in [0.25, 0.3) is 0 Å². The van der Waals surface area contributed by atoms with E-state index < -0.39 is 5.97 Å². The number of likely N-dealkylation sites (tertiary alicyclic amines) is 1. The van der Waals surface area contributed by atoms with Crippen LogP contribution >= 0.6 is 0 Å². The van der Waals surface area contributed by atoms with Gasteiger partial charge in [0.2, 0.25) is 11.8 Å². The van der Waals surface area contributed by atoms with Crippen molar-refractivity contribution in [1.82, 2.24) is 10.2 Å². The normalized spacial score (nSPS) is 25.3. The lowest BCUT2D eigenvalue weighted by atomic mass is 9.80. The van der Waals surface area contributed by atoms with Crippen LogP contribution in [0.15, 0.2) is 0 Å². The quantitative estimate of drug-likeness (QED) is 0.726. The summed E-state index contributed by atoms with van der Waals surface area (Å²) in [6, 6.07) is 0. The molecule has 1 saturated carbocycles. The average molecular weight is 338 g/mol. The number of unbranched alkanes of at least 4 members (excludes halogenated alkanes) is 1. The largest absolute Gasteiger partial charge is 0.481 e. The molecule has 0 aromatic carbocycles. The van der Waals surface area contributed by atoms with E-state index in [1.54, 1.807) is 0 Å². The second-order valence-corrected chi connectivity index (χ2v) is 7.14. The predicted molar refractivity (Wildman–Crippen MR) is 90.3 cm³/mol. The molecule has 2 fully saturated rings. The molecule has 2 N–H and O–H groups in total. The summed E-state index contributed by atoms with van der Waals surface area (Å²) >= 11 is 0. The van der Waals surface area contributed by atoms with Crippen molar-refractivity contribution in [3.63, 3.8) is 0 Å². The fraction of sp³-hybridized carbons (Fsp3) is 0.833. The summed E-state index contributed by atoms with van der Waals surface area (Å²) in [5.74, 6) is -1.12. The lowest BCUT2D eigenvalue weighted by Gasteiger charge is -2.35. The van der Waals surface area contributed by atoms with Gasteiger partial charge in [0.1, 0.15) is 0 Å². The molecule has 2 unspecified atom stereocenters. The summed E-state index contributed by atoms with van der Waals surface area (Å²) in [5, 5.41) is 12.1. The number of amides is 2. The number of carboxylic acid groups (broad SMARTS) is 1. The van der Waals surface area contributed by atoms with Crippen molar-refractivity contribution in [2.45, 2.75) is 58.3 Å². The van der Waals surface area contributed by atoms with Crippen LogP contribution in [0.3, 0.4) is 0 Å². The second kappa shape index (κ2) is 9.04. The van der Waals surface area contributed by atoms with E-state index in [0.717, 1.165) is 32.2 Å². The monoisotopic (exact) mass is 338 g/mol. The van der Waals surface area contributed by atoms with Crippen LogP contribution in [0.5, 0.6) is 0 Å². The van der Waals surface area contributed by atoms with Crippen LogP contribution in [0.1, 0.15) is 58.3 Å². The van der Waals surface area contributed by atoms with E-state index >= 15 is 0 Å². The molecule has 24 heavy (non-hydrogen) atoms. The Bertz CT molecular complexity index is 458. The number of carbonyl (C=O) groups is 3. The van der Waals surface area contributed by atoms with Crippen molar-refractivity contribution < 1.29 is 19.5 Å². The minimum absolute atomic E-state index is 0.00373. The Hall–Kier alpha value is -1.59. The standard InChI is InChI=1S/C18H30N2O4/c1-2-3-9-19-16(21)13-7-10-20(11-8-13)17(22)14-5-4-6-15(12-14)18(23)24/h13-15H,2-12H2,1H3,(H,19,21)(H,23,24). The van der Waals surface area contributed by atoms with Gasteiger partial charge in [0.25, 0.3) is 0 Å². The van der Waals surface area contributed by atoms with Gasteiger partial charge in [0.15, 0.2) is 0 Å². The lowest BCUT2D eigenvalue weighted by molar-refractivity contribution is -0.146. The van der Waals surface area contributed by atoms with Crippen molar-refractivity contribution in [2.24, 2.45) is 17.8 Å². The summed E-state index contributed by atoms with van der Waals surface area (Å²) in [5.41, 5.74) is 0. The third-order valence-electron chi connectivity index (χ3n) is 5.38. The molecule has 0 aromatic rings. The summed E-state index contributed by atoms with van der Waals surface area (Å²) in [6.45, 7) is 4.04. The number of nitrogens with zero attached hydrogens (tertiary/aromatic N) is 1. The van der Waals surface area contributed by atoms with Crippen LogP contribution in [0, 0.1) is 17.8 Å². The highest BCUT2D eigenvalue weighted by molar-refractivity contribution is 5.82. The first-order valence-electron chi connectivity index (χ1n) is 9.32. The van der Waals surface area contributed by atoms with Crippen LogP contribution < -0.4 is 5.32 Å². The number of rotatable bonds is 6. The Morgan fingerprint density at radius 2 is 1.71 bits per heavy atom. The predicted octanol–water partition coefficient (Wildman–Crippen LogP) is 2.03. The molecule has 0 bridgehead atoms. The highest BCUT2D eigenvalue weighted by atomic mass is 16.4. The number of hydrogen-bond acceptors (Lipinski definition) is 3. The Kier molecular flexibility index (Phi) is 7.06. The van der Waals surface area contributed by atoms with Crippen molar-refractivity contribution in [1.29, 1.82) is 0 Å². The molecule has 2 rings (SSSR count). The first-order chi connectivity index (χ1) is 11.5. The van der Waals surface area contributed by atoms with Crippen molar-refractivity contribution in [3.8, 4) is 0 Å². The molecule has 1 aliphatic carbocycles. The minimum atomic E-state index is -0.782. The van der Waals surface area contributed by atoms with Crippen LogP contribution in [-0.4, -0.2) is 47.4 Å². The zero-order chi connectivity index (χ0) is 17.5. The van der Waals surface area contributed by atoms with Gasteiger partial charge in [0, 0.05) is 31.5 Å². The zero-order valence-electron chi connectivity index (χ0n) is 14.6. The first-order valence-corrected chi connectivity index (χ1v) is 9.32. The van der Waals surface area contributed by atoms with E-state index in [4.69, 9.17) is 5.11 Å². The van der Waals surface area contributed by atoms with Crippen LogP contribution in [0.2, 0.25) is 0 Å². The molecular formula is C18H30N2O4. The van der Waals surface area contributed by atoms with Gasteiger partial charge in [0.05, 0.1) is 5.92 Å². The molecule has 1 heterocycles. The molecule has 1 saturated heterocycles. The maximum atomic E-state index is 12.6. The number of carbonyl (C=O) groups excluding carboxylic acids is 2. The van der Waals surface area contributed by atoms with E-state index in [1.165, 1.54) is 0 Å². The van der Waals surface area contributed by atoms with E-state index in [2.05, 4.69) is 12.2 Å². The molecule has 2 amide bonds. The molecule has 0 aromatic heterocycles. The van der Waals surface area contributed by atoms with Gasteiger partial charge in [-0.3, -0.25) is 14.4 Å². The molecule has 1 aliphatic heterocycles. The molecule has 136 valence electrons.